The first kappa shape index (κ1) is 23.3. The summed E-state index contributed by atoms with van der Waals surface area (Å²) in [6.45, 7) is 16.0. The van der Waals surface area contributed by atoms with Crippen LogP contribution in [0, 0.1) is 0 Å². The van der Waals surface area contributed by atoms with Gasteiger partial charge in [0.15, 0.2) is 5.78 Å². The molecule has 4 heteroatoms. The molecule has 0 amide bonds. The molecule has 160 valence electrons. The second-order valence-corrected chi connectivity index (χ2v) is 8.92. The van der Waals surface area contributed by atoms with E-state index in [1.54, 1.807) is 42.5 Å². The fourth-order valence-corrected chi connectivity index (χ4v) is 2.65. The van der Waals surface area contributed by atoms with Gasteiger partial charge in [0.25, 0.3) is 0 Å². The molecular formula is C26H32O4. The van der Waals surface area contributed by atoms with E-state index in [9.17, 15) is 4.79 Å². The summed E-state index contributed by atoms with van der Waals surface area (Å²) in [5, 5.41) is 0. The third-order valence-electron chi connectivity index (χ3n) is 3.77. The fourth-order valence-electron chi connectivity index (χ4n) is 2.65. The van der Waals surface area contributed by atoms with E-state index in [1.165, 1.54) is 0 Å². The molecule has 0 aromatic heterocycles. The van der Waals surface area contributed by atoms with E-state index in [2.05, 4.69) is 6.58 Å². The molecule has 0 radical (unpaired) electrons. The highest BCUT2D eigenvalue weighted by Crippen LogP contribution is 2.34. The Labute approximate surface area is 180 Å². The molecule has 2 aromatic carbocycles. The maximum Gasteiger partial charge on any atom is 0.185 e. The largest absolute Gasteiger partial charge is 0.490 e. The van der Waals surface area contributed by atoms with Gasteiger partial charge in [-0.25, -0.2) is 0 Å². The highest BCUT2D eigenvalue weighted by molar-refractivity contribution is 6.07. The summed E-state index contributed by atoms with van der Waals surface area (Å²) < 4.78 is 17.7. The quantitative estimate of drug-likeness (QED) is 0.284. The summed E-state index contributed by atoms with van der Waals surface area (Å²) in [6.07, 6.45) is 4.97. The van der Waals surface area contributed by atoms with E-state index in [0.29, 0.717) is 29.4 Å². The Bertz CT molecular complexity index is 860. The van der Waals surface area contributed by atoms with Crippen LogP contribution in [0.1, 0.15) is 57.5 Å². The van der Waals surface area contributed by atoms with Crippen molar-refractivity contribution in [2.45, 2.75) is 52.7 Å². The molecule has 0 aliphatic heterocycles. The van der Waals surface area contributed by atoms with Crippen LogP contribution in [0.15, 0.2) is 61.2 Å². The number of carbonyl (C=O) groups is 1. The molecule has 0 saturated carbocycles. The van der Waals surface area contributed by atoms with Crippen LogP contribution in [0.25, 0.3) is 6.08 Å². The lowest BCUT2D eigenvalue weighted by atomic mass is 10.1. The number of ketones is 1. The molecule has 0 bridgehead atoms. The maximum absolute atomic E-state index is 12.7. The molecule has 0 fully saturated rings. The van der Waals surface area contributed by atoms with Crippen molar-refractivity contribution >= 4 is 11.9 Å². The molecule has 0 atom stereocenters. The third-order valence-corrected chi connectivity index (χ3v) is 3.77. The number of hydrogen-bond donors (Lipinski definition) is 0. The lowest BCUT2D eigenvalue weighted by molar-refractivity contribution is 0.104. The van der Waals surface area contributed by atoms with Crippen LogP contribution < -0.4 is 14.2 Å². The molecular weight excluding hydrogens is 376 g/mol. The topological polar surface area (TPSA) is 44.8 Å². The lowest BCUT2D eigenvalue weighted by Gasteiger charge is -2.26. The van der Waals surface area contributed by atoms with E-state index in [1.807, 2.05) is 59.7 Å². The SMILES string of the molecule is C=CCOc1ccc(C(=O)C=Cc2c(OC(C)(C)C)cccc2OC(C)(C)C)cc1. The Balaban J connectivity index is 2.32. The van der Waals surface area contributed by atoms with Gasteiger partial charge in [0, 0.05) is 5.56 Å². The van der Waals surface area contributed by atoms with Gasteiger partial charge in [-0.05, 0) is 90.1 Å². The van der Waals surface area contributed by atoms with Gasteiger partial charge in [-0.1, -0.05) is 18.7 Å². The summed E-state index contributed by atoms with van der Waals surface area (Å²) in [5.41, 5.74) is 0.550. The van der Waals surface area contributed by atoms with Gasteiger partial charge in [0.2, 0.25) is 0 Å². The van der Waals surface area contributed by atoms with Gasteiger partial charge >= 0.3 is 0 Å². The number of carbonyl (C=O) groups excluding carboxylic acids is 1. The van der Waals surface area contributed by atoms with Crippen LogP contribution in [-0.2, 0) is 0 Å². The van der Waals surface area contributed by atoms with E-state index in [-0.39, 0.29) is 17.0 Å². The van der Waals surface area contributed by atoms with Crippen molar-refractivity contribution in [3.05, 3.63) is 72.3 Å². The molecule has 30 heavy (non-hydrogen) atoms. The number of allylic oxidation sites excluding steroid dienone is 1. The first-order chi connectivity index (χ1) is 14.0. The summed E-state index contributed by atoms with van der Waals surface area (Å²) in [5.74, 6) is 1.92. The van der Waals surface area contributed by atoms with Crippen LogP contribution in [-0.4, -0.2) is 23.6 Å². The van der Waals surface area contributed by atoms with Crippen molar-refractivity contribution < 1.29 is 19.0 Å². The number of benzene rings is 2. The molecule has 0 saturated heterocycles. The van der Waals surface area contributed by atoms with Gasteiger partial charge in [-0.3, -0.25) is 4.79 Å². The van der Waals surface area contributed by atoms with Crippen LogP contribution in [0.4, 0.5) is 0 Å². The molecule has 2 aromatic rings. The van der Waals surface area contributed by atoms with Crippen LogP contribution in [0.2, 0.25) is 0 Å². The van der Waals surface area contributed by atoms with Gasteiger partial charge in [-0.15, -0.1) is 0 Å². The summed E-state index contributed by atoms with van der Waals surface area (Å²) in [6, 6.07) is 12.7. The molecule has 0 unspecified atom stereocenters. The minimum atomic E-state index is -0.381. The standard InChI is InChI=1S/C26H32O4/c1-8-18-28-20-14-12-19(13-15-20)22(27)17-16-21-23(29-25(2,3)4)10-9-11-24(21)30-26(5,6)7/h8-17H,1,18H2,2-7H3. The Morgan fingerprint density at radius 2 is 1.43 bits per heavy atom. The van der Waals surface area contributed by atoms with E-state index < -0.39 is 0 Å². The predicted octanol–water partition coefficient (Wildman–Crippen LogP) is 6.50. The minimum absolute atomic E-state index is 0.113. The zero-order chi connectivity index (χ0) is 22.4. The second kappa shape index (κ2) is 9.66. The molecule has 0 N–H and O–H groups in total. The van der Waals surface area contributed by atoms with Crippen LogP contribution in [0.5, 0.6) is 17.2 Å². The second-order valence-electron chi connectivity index (χ2n) is 8.92. The normalized spacial score (nSPS) is 11.9. The molecule has 4 nitrogen and oxygen atoms in total. The average molecular weight is 409 g/mol. The van der Waals surface area contributed by atoms with Gasteiger partial charge < -0.3 is 14.2 Å². The summed E-state index contributed by atoms with van der Waals surface area (Å²) in [7, 11) is 0. The highest BCUT2D eigenvalue weighted by atomic mass is 16.5. The van der Waals surface area contributed by atoms with Gasteiger partial charge in [0.05, 0.1) is 5.56 Å². The molecule has 2 rings (SSSR count). The zero-order valence-electron chi connectivity index (χ0n) is 18.8. The Kier molecular flexibility index (Phi) is 7.49. The minimum Gasteiger partial charge on any atom is -0.490 e. The molecule has 0 heterocycles. The maximum atomic E-state index is 12.7. The van der Waals surface area contributed by atoms with Crippen molar-refractivity contribution in [1.29, 1.82) is 0 Å². The average Bonchev–Trinajstić information content (AvgIpc) is 2.63. The summed E-state index contributed by atoms with van der Waals surface area (Å²) >= 11 is 0. The van der Waals surface area contributed by atoms with Crippen molar-refractivity contribution in [3.63, 3.8) is 0 Å². The summed E-state index contributed by atoms with van der Waals surface area (Å²) in [4.78, 5) is 12.7. The van der Waals surface area contributed by atoms with Crippen molar-refractivity contribution in [1.82, 2.24) is 0 Å². The van der Waals surface area contributed by atoms with Gasteiger partial charge in [0.1, 0.15) is 35.1 Å². The Morgan fingerprint density at radius 3 is 1.90 bits per heavy atom. The van der Waals surface area contributed by atoms with Gasteiger partial charge in [-0.2, -0.15) is 0 Å². The highest BCUT2D eigenvalue weighted by Gasteiger charge is 2.19. The third kappa shape index (κ3) is 7.43. The number of rotatable bonds is 8. The first-order valence-corrected chi connectivity index (χ1v) is 10.1. The fraction of sp³-hybridized carbons (Fsp3) is 0.346. The Hall–Kier alpha value is -3.01. The molecule has 0 aliphatic carbocycles. The van der Waals surface area contributed by atoms with Crippen molar-refractivity contribution in [3.8, 4) is 17.2 Å². The zero-order valence-corrected chi connectivity index (χ0v) is 18.8. The van der Waals surface area contributed by atoms with E-state index >= 15 is 0 Å². The van der Waals surface area contributed by atoms with E-state index in [4.69, 9.17) is 14.2 Å². The van der Waals surface area contributed by atoms with Crippen molar-refractivity contribution in [2.24, 2.45) is 0 Å². The smallest absolute Gasteiger partial charge is 0.185 e. The lowest BCUT2D eigenvalue weighted by Crippen LogP contribution is -2.25. The van der Waals surface area contributed by atoms with Crippen LogP contribution in [0.3, 0.4) is 0 Å². The van der Waals surface area contributed by atoms with Crippen LogP contribution >= 0.6 is 0 Å². The predicted molar refractivity (Wildman–Crippen MR) is 123 cm³/mol. The first-order valence-electron chi connectivity index (χ1n) is 10.1. The molecule has 0 aliphatic rings. The Morgan fingerprint density at radius 1 is 0.900 bits per heavy atom. The number of hydrogen-bond acceptors (Lipinski definition) is 4. The molecule has 0 spiro atoms. The monoisotopic (exact) mass is 408 g/mol. The number of ether oxygens (including phenoxy) is 3. The van der Waals surface area contributed by atoms with Crippen molar-refractivity contribution in [2.75, 3.05) is 6.61 Å². The van der Waals surface area contributed by atoms with E-state index in [0.717, 1.165) is 5.56 Å².